The van der Waals surface area contributed by atoms with Gasteiger partial charge in [0.05, 0.1) is 6.54 Å². The molecule has 0 aromatic carbocycles. The van der Waals surface area contributed by atoms with E-state index in [-0.39, 0.29) is 30.3 Å². The molecule has 2 saturated carbocycles. The van der Waals surface area contributed by atoms with Crippen LogP contribution in [0.3, 0.4) is 0 Å². The molecule has 5 heteroatoms. The number of carbonyl (C=O) groups is 2. The topological polar surface area (TPSA) is 45.6 Å². The van der Waals surface area contributed by atoms with Gasteiger partial charge in [0.2, 0.25) is 11.8 Å². The van der Waals surface area contributed by atoms with Crippen LogP contribution in [-0.2, 0) is 23.2 Å². The first-order chi connectivity index (χ1) is 12.0. The lowest BCUT2D eigenvalue weighted by Gasteiger charge is -2.36. The van der Waals surface area contributed by atoms with Gasteiger partial charge in [-0.25, -0.2) is 0 Å². The SMILES string of the molecule is CCC(C)N(CC(=O)N(Cc1cccn1C)C1CC1)C(=O)C1CCC1. The minimum Gasteiger partial charge on any atom is -0.353 e. The van der Waals surface area contributed by atoms with Crippen molar-refractivity contribution in [3.63, 3.8) is 0 Å². The lowest BCUT2D eigenvalue weighted by molar-refractivity contribution is -0.147. The quantitative estimate of drug-likeness (QED) is 0.727. The van der Waals surface area contributed by atoms with E-state index < -0.39 is 0 Å². The molecular weight excluding hydrogens is 314 g/mol. The zero-order chi connectivity index (χ0) is 18.0. The van der Waals surface area contributed by atoms with Gasteiger partial charge >= 0.3 is 0 Å². The summed E-state index contributed by atoms with van der Waals surface area (Å²) >= 11 is 0. The van der Waals surface area contributed by atoms with E-state index in [0.29, 0.717) is 12.6 Å². The summed E-state index contributed by atoms with van der Waals surface area (Å²) in [5.41, 5.74) is 1.14. The summed E-state index contributed by atoms with van der Waals surface area (Å²) in [7, 11) is 2.01. The average Bonchev–Trinajstić information content (AvgIpc) is 3.30. The molecule has 1 atom stereocenters. The van der Waals surface area contributed by atoms with Crippen LogP contribution in [0.4, 0.5) is 0 Å². The third kappa shape index (κ3) is 4.07. The number of aromatic nitrogens is 1. The monoisotopic (exact) mass is 345 g/mol. The second-order valence-electron chi connectivity index (χ2n) is 7.71. The van der Waals surface area contributed by atoms with E-state index in [1.807, 2.05) is 29.1 Å². The molecule has 0 radical (unpaired) electrons. The van der Waals surface area contributed by atoms with Crippen molar-refractivity contribution in [2.24, 2.45) is 13.0 Å². The smallest absolute Gasteiger partial charge is 0.242 e. The van der Waals surface area contributed by atoms with Gasteiger partial charge in [0.1, 0.15) is 6.54 Å². The van der Waals surface area contributed by atoms with Gasteiger partial charge in [0.25, 0.3) is 0 Å². The normalized spacial score (nSPS) is 18.5. The van der Waals surface area contributed by atoms with Crippen molar-refractivity contribution < 1.29 is 9.59 Å². The molecule has 2 aliphatic rings. The van der Waals surface area contributed by atoms with Crippen molar-refractivity contribution in [1.29, 1.82) is 0 Å². The number of hydrogen-bond donors (Lipinski definition) is 0. The minimum absolute atomic E-state index is 0.0941. The summed E-state index contributed by atoms with van der Waals surface area (Å²) in [6, 6.07) is 4.54. The van der Waals surface area contributed by atoms with E-state index >= 15 is 0 Å². The molecule has 2 aliphatic carbocycles. The van der Waals surface area contributed by atoms with Crippen LogP contribution >= 0.6 is 0 Å². The number of nitrogens with zero attached hydrogens (tertiary/aromatic N) is 3. The van der Waals surface area contributed by atoms with Crippen LogP contribution in [0.15, 0.2) is 18.3 Å². The van der Waals surface area contributed by atoms with Crippen LogP contribution in [0, 0.1) is 5.92 Å². The van der Waals surface area contributed by atoms with Crippen LogP contribution in [-0.4, -0.2) is 44.8 Å². The fourth-order valence-corrected chi connectivity index (χ4v) is 3.44. The summed E-state index contributed by atoms with van der Waals surface area (Å²) < 4.78 is 2.06. The van der Waals surface area contributed by atoms with E-state index in [9.17, 15) is 9.59 Å². The predicted octanol–water partition coefficient (Wildman–Crippen LogP) is 2.94. The van der Waals surface area contributed by atoms with Crippen molar-refractivity contribution in [3.05, 3.63) is 24.0 Å². The van der Waals surface area contributed by atoms with Gasteiger partial charge in [-0.05, 0) is 51.2 Å². The molecule has 1 aromatic rings. The summed E-state index contributed by atoms with van der Waals surface area (Å²) in [4.78, 5) is 29.7. The Labute approximate surface area is 151 Å². The molecule has 1 heterocycles. The van der Waals surface area contributed by atoms with Crippen LogP contribution in [0.1, 0.15) is 58.1 Å². The number of rotatable bonds is 8. The van der Waals surface area contributed by atoms with Crippen molar-refractivity contribution in [2.75, 3.05) is 6.54 Å². The van der Waals surface area contributed by atoms with Crippen LogP contribution in [0.2, 0.25) is 0 Å². The maximum atomic E-state index is 13.0. The molecule has 2 amide bonds. The van der Waals surface area contributed by atoms with Crippen molar-refractivity contribution in [2.45, 2.75) is 71.0 Å². The van der Waals surface area contributed by atoms with Crippen LogP contribution in [0.25, 0.3) is 0 Å². The molecule has 0 spiro atoms. The van der Waals surface area contributed by atoms with Crippen molar-refractivity contribution in [3.8, 4) is 0 Å². The maximum Gasteiger partial charge on any atom is 0.242 e. The molecule has 2 fully saturated rings. The first-order valence-electron chi connectivity index (χ1n) is 9.71. The fourth-order valence-electron chi connectivity index (χ4n) is 3.44. The zero-order valence-corrected chi connectivity index (χ0v) is 15.8. The third-order valence-electron chi connectivity index (χ3n) is 5.86. The molecule has 5 nitrogen and oxygen atoms in total. The Hall–Kier alpha value is -1.78. The summed E-state index contributed by atoms with van der Waals surface area (Å²) in [6.07, 6.45) is 8.15. The molecule has 25 heavy (non-hydrogen) atoms. The Bertz CT molecular complexity index is 616. The molecule has 1 unspecified atom stereocenters. The fraction of sp³-hybridized carbons (Fsp3) is 0.700. The molecule has 0 saturated heterocycles. The van der Waals surface area contributed by atoms with E-state index in [4.69, 9.17) is 0 Å². The largest absolute Gasteiger partial charge is 0.353 e. The first-order valence-corrected chi connectivity index (χ1v) is 9.71. The van der Waals surface area contributed by atoms with Crippen LogP contribution < -0.4 is 0 Å². The molecule has 0 N–H and O–H groups in total. The minimum atomic E-state index is 0.0941. The van der Waals surface area contributed by atoms with Crippen molar-refractivity contribution >= 4 is 11.8 Å². The third-order valence-corrected chi connectivity index (χ3v) is 5.86. The highest BCUT2D eigenvalue weighted by Gasteiger charge is 2.37. The maximum absolute atomic E-state index is 13.0. The predicted molar refractivity (Wildman–Crippen MR) is 97.8 cm³/mol. The summed E-state index contributed by atoms with van der Waals surface area (Å²) in [5, 5.41) is 0. The second kappa shape index (κ2) is 7.63. The molecule has 0 aliphatic heterocycles. The highest BCUT2D eigenvalue weighted by Crippen LogP contribution is 2.31. The first kappa shape index (κ1) is 18.0. The van der Waals surface area contributed by atoms with Crippen LogP contribution in [0.5, 0.6) is 0 Å². The van der Waals surface area contributed by atoms with Gasteiger partial charge in [-0.15, -0.1) is 0 Å². The summed E-state index contributed by atoms with van der Waals surface area (Å²) in [6.45, 7) is 5.01. The lowest BCUT2D eigenvalue weighted by Crippen LogP contribution is -2.49. The molecule has 0 bridgehead atoms. The standard InChI is InChI=1S/C20H31N3O2/c1-4-15(2)22(20(25)16-7-5-8-16)14-19(24)23(17-10-11-17)13-18-9-6-12-21(18)3/h6,9,12,15-17H,4-5,7-8,10-11,13-14H2,1-3H3. The van der Waals surface area contributed by atoms with E-state index in [1.54, 1.807) is 0 Å². The second-order valence-corrected chi connectivity index (χ2v) is 7.71. The highest BCUT2D eigenvalue weighted by molar-refractivity contribution is 5.86. The summed E-state index contributed by atoms with van der Waals surface area (Å²) in [5.74, 6) is 0.421. The Balaban J connectivity index is 1.69. The molecule has 3 rings (SSSR count). The molecule has 138 valence electrons. The van der Waals surface area contributed by atoms with Gasteiger partial charge in [-0.1, -0.05) is 13.3 Å². The Morgan fingerprint density at radius 1 is 1.28 bits per heavy atom. The van der Waals surface area contributed by atoms with Gasteiger partial charge in [-0.2, -0.15) is 0 Å². The number of carbonyl (C=O) groups excluding carboxylic acids is 2. The highest BCUT2D eigenvalue weighted by atomic mass is 16.2. The number of aryl methyl sites for hydroxylation is 1. The van der Waals surface area contributed by atoms with Gasteiger partial charge in [0, 0.05) is 36.9 Å². The van der Waals surface area contributed by atoms with E-state index in [0.717, 1.165) is 44.2 Å². The Morgan fingerprint density at radius 2 is 2.00 bits per heavy atom. The van der Waals surface area contributed by atoms with E-state index in [1.165, 1.54) is 0 Å². The average molecular weight is 345 g/mol. The molecule has 1 aromatic heterocycles. The van der Waals surface area contributed by atoms with Gasteiger partial charge in [0.15, 0.2) is 0 Å². The zero-order valence-electron chi connectivity index (χ0n) is 15.8. The van der Waals surface area contributed by atoms with Crippen molar-refractivity contribution in [1.82, 2.24) is 14.4 Å². The number of amides is 2. The Morgan fingerprint density at radius 3 is 2.48 bits per heavy atom. The number of hydrogen-bond acceptors (Lipinski definition) is 2. The Kier molecular flexibility index (Phi) is 5.50. The lowest BCUT2D eigenvalue weighted by atomic mass is 9.84. The van der Waals surface area contributed by atoms with E-state index in [2.05, 4.69) is 24.5 Å². The molecular formula is C20H31N3O2. The van der Waals surface area contributed by atoms with Gasteiger partial charge in [-0.3, -0.25) is 9.59 Å². The van der Waals surface area contributed by atoms with Gasteiger partial charge < -0.3 is 14.4 Å².